The molecule has 0 aliphatic heterocycles. The molecule has 3 rings (SSSR count). The molecular formula is C16H11O2-. The van der Waals surface area contributed by atoms with Crippen molar-refractivity contribution in [2.24, 2.45) is 0 Å². The first-order chi connectivity index (χ1) is 8.74. The van der Waals surface area contributed by atoms with Gasteiger partial charge in [0.05, 0.1) is 0 Å². The van der Waals surface area contributed by atoms with Gasteiger partial charge in [-0.3, -0.25) is 0 Å². The van der Waals surface area contributed by atoms with Crippen LogP contribution in [-0.4, -0.2) is 5.97 Å². The van der Waals surface area contributed by atoms with Gasteiger partial charge in [0, 0.05) is 12.4 Å². The van der Waals surface area contributed by atoms with E-state index in [1.165, 1.54) is 0 Å². The van der Waals surface area contributed by atoms with Crippen LogP contribution < -0.4 is 5.11 Å². The van der Waals surface area contributed by atoms with Gasteiger partial charge in [0.15, 0.2) is 0 Å². The maximum absolute atomic E-state index is 10.7. The number of carboxylic acids is 1. The SMILES string of the molecule is O=C([O-])Cc1ccc2ccc3ccccc3c2c1. The minimum atomic E-state index is -1.05. The van der Waals surface area contributed by atoms with Crippen LogP contribution in [-0.2, 0) is 11.2 Å². The third kappa shape index (κ3) is 1.82. The average molecular weight is 235 g/mol. The Morgan fingerprint density at radius 3 is 2.33 bits per heavy atom. The number of aliphatic carboxylic acids is 1. The van der Waals surface area contributed by atoms with Crippen molar-refractivity contribution in [1.29, 1.82) is 0 Å². The molecule has 0 aliphatic rings. The molecule has 0 spiro atoms. The van der Waals surface area contributed by atoms with Crippen molar-refractivity contribution >= 4 is 27.5 Å². The summed E-state index contributed by atoms with van der Waals surface area (Å²) in [6.07, 6.45) is -0.0425. The van der Waals surface area contributed by atoms with E-state index in [-0.39, 0.29) is 6.42 Å². The summed E-state index contributed by atoms with van der Waals surface area (Å²) in [5.74, 6) is -1.05. The lowest BCUT2D eigenvalue weighted by atomic mass is 9.99. The predicted octanol–water partition coefficient (Wildman–Crippen LogP) is 2.29. The lowest BCUT2D eigenvalue weighted by Gasteiger charge is -2.07. The van der Waals surface area contributed by atoms with Crippen molar-refractivity contribution in [3.63, 3.8) is 0 Å². The highest BCUT2D eigenvalue weighted by Crippen LogP contribution is 2.26. The number of hydrogen-bond acceptors (Lipinski definition) is 2. The molecular weight excluding hydrogens is 224 g/mol. The van der Waals surface area contributed by atoms with E-state index in [0.29, 0.717) is 0 Å². The van der Waals surface area contributed by atoms with Gasteiger partial charge in [0.2, 0.25) is 0 Å². The Morgan fingerprint density at radius 2 is 1.56 bits per heavy atom. The first kappa shape index (κ1) is 10.8. The summed E-state index contributed by atoms with van der Waals surface area (Å²) in [6.45, 7) is 0. The van der Waals surface area contributed by atoms with E-state index in [0.717, 1.165) is 27.1 Å². The Hall–Kier alpha value is -2.35. The maximum atomic E-state index is 10.7. The van der Waals surface area contributed by atoms with Crippen molar-refractivity contribution in [1.82, 2.24) is 0 Å². The van der Waals surface area contributed by atoms with Gasteiger partial charge < -0.3 is 9.90 Å². The van der Waals surface area contributed by atoms with Crippen LogP contribution >= 0.6 is 0 Å². The molecule has 0 atom stereocenters. The number of carboxylic acid groups (broad SMARTS) is 1. The number of benzene rings is 3. The van der Waals surface area contributed by atoms with Gasteiger partial charge in [-0.25, -0.2) is 0 Å². The molecule has 3 aromatic rings. The van der Waals surface area contributed by atoms with Crippen LogP contribution in [0.15, 0.2) is 54.6 Å². The van der Waals surface area contributed by atoms with Crippen LogP contribution in [0.2, 0.25) is 0 Å². The molecule has 0 saturated heterocycles. The molecule has 0 fully saturated rings. The zero-order valence-corrected chi connectivity index (χ0v) is 9.72. The zero-order chi connectivity index (χ0) is 12.5. The standard InChI is InChI=1S/C16H12O2/c17-16(18)10-11-5-6-13-8-7-12-3-1-2-4-14(12)15(13)9-11/h1-9H,10H2,(H,17,18)/p-1. The van der Waals surface area contributed by atoms with Crippen molar-refractivity contribution in [3.8, 4) is 0 Å². The molecule has 18 heavy (non-hydrogen) atoms. The molecule has 0 aromatic heterocycles. The second-order valence-corrected chi connectivity index (χ2v) is 4.39. The minimum Gasteiger partial charge on any atom is -0.550 e. The van der Waals surface area contributed by atoms with E-state index >= 15 is 0 Å². The van der Waals surface area contributed by atoms with Crippen LogP contribution in [0.25, 0.3) is 21.5 Å². The lowest BCUT2D eigenvalue weighted by Crippen LogP contribution is -2.24. The number of rotatable bonds is 2. The van der Waals surface area contributed by atoms with Crippen molar-refractivity contribution in [2.45, 2.75) is 6.42 Å². The van der Waals surface area contributed by atoms with Crippen LogP contribution in [0.5, 0.6) is 0 Å². The monoisotopic (exact) mass is 235 g/mol. The fourth-order valence-electron chi connectivity index (χ4n) is 2.33. The summed E-state index contributed by atoms with van der Waals surface area (Å²) in [6, 6.07) is 18.0. The molecule has 3 aromatic carbocycles. The molecule has 2 nitrogen and oxygen atoms in total. The van der Waals surface area contributed by atoms with Crippen molar-refractivity contribution < 1.29 is 9.90 Å². The normalized spacial score (nSPS) is 10.9. The molecule has 0 N–H and O–H groups in total. The fourth-order valence-corrected chi connectivity index (χ4v) is 2.33. The van der Waals surface area contributed by atoms with Gasteiger partial charge >= 0.3 is 0 Å². The summed E-state index contributed by atoms with van der Waals surface area (Å²) >= 11 is 0. The maximum Gasteiger partial charge on any atom is 0.0458 e. The number of carbonyl (C=O) groups excluding carboxylic acids is 1. The smallest absolute Gasteiger partial charge is 0.0458 e. The quantitative estimate of drug-likeness (QED) is 0.639. The molecule has 0 bridgehead atoms. The molecule has 88 valence electrons. The number of carbonyl (C=O) groups is 1. The molecule has 0 saturated carbocycles. The summed E-state index contributed by atoms with van der Waals surface area (Å²) in [5.41, 5.74) is 0.777. The van der Waals surface area contributed by atoms with Gasteiger partial charge in [-0.1, -0.05) is 54.6 Å². The van der Waals surface area contributed by atoms with Crippen LogP contribution in [0.4, 0.5) is 0 Å². The van der Waals surface area contributed by atoms with E-state index in [9.17, 15) is 9.90 Å². The molecule has 0 unspecified atom stereocenters. The van der Waals surface area contributed by atoms with E-state index < -0.39 is 5.97 Å². The second-order valence-electron chi connectivity index (χ2n) is 4.39. The predicted molar refractivity (Wildman–Crippen MR) is 70.2 cm³/mol. The Labute approximate surface area is 104 Å². The van der Waals surface area contributed by atoms with Gasteiger partial charge in [0.25, 0.3) is 0 Å². The first-order valence-electron chi connectivity index (χ1n) is 5.84. The lowest BCUT2D eigenvalue weighted by molar-refractivity contribution is -0.304. The van der Waals surface area contributed by atoms with Crippen molar-refractivity contribution in [2.75, 3.05) is 0 Å². The average Bonchev–Trinajstić information content (AvgIpc) is 2.38. The molecule has 2 heteroatoms. The van der Waals surface area contributed by atoms with Crippen molar-refractivity contribution in [3.05, 3.63) is 60.2 Å². The molecule has 0 radical (unpaired) electrons. The summed E-state index contributed by atoms with van der Waals surface area (Å²) < 4.78 is 0. The van der Waals surface area contributed by atoms with Gasteiger partial charge in [-0.05, 0) is 27.1 Å². The minimum absolute atomic E-state index is 0.0425. The Balaban J connectivity index is 2.29. The van der Waals surface area contributed by atoms with E-state index in [1.54, 1.807) is 0 Å². The summed E-state index contributed by atoms with van der Waals surface area (Å²) in [4.78, 5) is 10.7. The highest BCUT2D eigenvalue weighted by Gasteiger charge is 2.01. The highest BCUT2D eigenvalue weighted by atomic mass is 16.4. The van der Waals surface area contributed by atoms with E-state index in [4.69, 9.17) is 0 Å². The summed E-state index contributed by atoms with van der Waals surface area (Å²) in [5, 5.41) is 15.2. The fraction of sp³-hybridized carbons (Fsp3) is 0.0625. The Bertz CT molecular complexity index is 744. The topological polar surface area (TPSA) is 40.1 Å². The molecule has 0 heterocycles. The third-order valence-electron chi connectivity index (χ3n) is 3.16. The van der Waals surface area contributed by atoms with Gasteiger partial charge in [-0.2, -0.15) is 0 Å². The largest absolute Gasteiger partial charge is 0.550 e. The van der Waals surface area contributed by atoms with Gasteiger partial charge in [0.1, 0.15) is 0 Å². The third-order valence-corrected chi connectivity index (χ3v) is 3.16. The molecule has 0 amide bonds. The van der Waals surface area contributed by atoms with E-state index in [1.807, 2.05) is 30.3 Å². The zero-order valence-electron chi connectivity index (χ0n) is 9.72. The molecule has 0 aliphatic carbocycles. The van der Waals surface area contributed by atoms with Crippen LogP contribution in [0, 0.1) is 0 Å². The first-order valence-corrected chi connectivity index (χ1v) is 5.84. The summed E-state index contributed by atoms with van der Waals surface area (Å²) in [7, 11) is 0. The Kier molecular flexibility index (Phi) is 2.49. The van der Waals surface area contributed by atoms with E-state index in [2.05, 4.69) is 24.3 Å². The second kappa shape index (κ2) is 4.15. The Morgan fingerprint density at radius 1 is 0.889 bits per heavy atom. The highest BCUT2D eigenvalue weighted by molar-refractivity contribution is 6.07. The van der Waals surface area contributed by atoms with Gasteiger partial charge in [-0.15, -0.1) is 0 Å². The van der Waals surface area contributed by atoms with Crippen LogP contribution in [0.1, 0.15) is 5.56 Å². The number of fused-ring (bicyclic) bond motifs is 3. The number of hydrogen-bond donors (Lipinski definition) is 0. The van der Waals surface area contributed by atoms with Crippen LogP contribution in [0.3, 0.4) is 0 Å².